The van der Waals surface area contributed by atoms with Gasteiger partial charge >= 0.3 is 0 Å². The van der Waals surface area contributed by atoms with Gasteiger partial charge in [0.1, 0.15) is 5.69 Å². The molecule has 6 nitrogen and oxygen atoms in total. The molecule has 0 N–H and O–H groups in total. The maximum Gasteiger partial charge on any atom is 0.274 e. The molecule has 2 aliphatic rings. The van der Waals surface area contributed by atoms with Crippen LogP contribution in [-0.4, -0.2) is 57.7 Å². The van der Waals surface area contributed by atoms with E-state index in [9.17, 15) is 9.59 Å². The van der Waals surface area contributed by atoms with E-state index in [-0.39, 0.29) is 11.5 Å². The van der Waals surface area contributed by atoms with E-state index in [2.05, 4.69) is 16.9 Å². The maximum atomic E-state index is 12.7. The third-order valence-corrected chi connectivity index (χ3v) is 4.92. The maximum absolute atomic E-state index is 12.7. The van der Waals surface area contributed by atoms with Crippen molar-refractivity contribution in [2.45, 2.75) is 51.6 Å². The molecule has 0 spiro atoms. The largest absolute Gasteiger partial charge is 0.336 e. The number of hydrogen-bond donors (Lipinski definition) is 0. The molecule has 6 heteroatoms. The first kappa shape index (κ1) is 16.2. The van der Waals surface area contributed by atoms with Crippen LogP contribution in [0.4, 0.5) is 0 Å². The van der Waals surface area contributed by atoms with Crippen molar-refractivity contribution in [3.05, 3.63) is 28.2 Å². The first-order chi connectivity index (χ1) is 11.2. The van der Waals surface area contributed by atoms with Gasteiger partial charge in [-0.2, -0.15) is 5.10 Å². The summed E-state index contributed by atoms with van der Waals surface area (Å²) in [6, 6.07) is 3.52. The third-order valence-electron chi connectivity index (χ3n) is 4.92. The molecule has 2 aliphatic heterocycles. The first-order valence-electron chi connectivity index (χ1n) is 8.80. The van der Waals surface area contributed by atoms with Crippen LogP contribution < -0.4 is 5.56 Å². The zero-order valence-corrected chi connectivity index (χ0v) is 13.9. The topological polar surface area (TPSA) is 58.4 Å². The van der Waals surface area contributed by atoms with Crippen molar-refractivity contribution in [1.82, 2.24) is 19.6 Å². The Morgan fingerprint density at radius 1 is 1.26 bits per heavy atom. The molecule has 3 rings (SSSR count). The minimum absolute atomic E-state index is 0.0445. The zero-order valence-electron chi connectivity index (χ0n) is 13.9. The van der Waals surface area contributed by atoms with Crippen LogP contribution in [0.15, 0.2) is 16.9 Å². The lowest BCUT2D eigenvalue weighted by Crippen LogP contribution is -2.38. The summed E-state index contributed by atoms with van der Waals surface area (Å²) in [6.45, 7) is 6.54. The van der Waals surface area contributed by atoms with E-state index in [1.807, 2.05) is 4.90 Å². The van der Waals surface area contributed by atoms with Crippen LogP contribution in [0.25, 0.3) is 0 Å². The standard InChI is InChI=1S/C17H26N4O2/c1-2-3-11-21-16(22)7-6-15(18-21)17(23)20-12-8-14(13-20)19-9-4-5-10-19/h6-7,14H,2-5,8-13H2,1H3. The Balaban J connectivity index is 1.67. The number of unbranched alkanes of at least 4 members (excludes halogenated alkanes) is 1. The summed E-state index contributed by atoms with van der Waals surface area (Å²) in [6.07, 6.45) is 5.48. The predicted octanol–water partition coefficient (Wildman–Crippen LogP) is 1.35. The van der Waals surface area contributed by atoms with Crippen LogP contribution >= 0.6 is 0 Å². The lowest BCUT2D eigenvalue weighted by atomic mass is 10.2. The fourth-order valence-corrected chi connectivity index (χ4v) is 3.52. The molecule has 126 valence electrons. The lowest BCUT2D eigenvalue weighted by molar-refractivity contribution is 0.0771. The second kappa shape index (κ2) is 7.25. The summed E-state index contributed by atoms with van der Waals surface area (Å²) < 4.78 is 1.42. The molecule has 0 aromatic carbocycles. The molecule has 2 saturated heterocycles. The summed E-state index contributed by atoms with van der Waals surface area (Å²) in [5, 5.41) is 4.28. The molecule has 1 atom stereocenters. The van der Waals surface area contributed by atoms with Crippen LogP contribution in [-0.2, 0) is 6.54 Å². The zero-order chi connectivity index (χ0) is 16.2. The molecule has 0 saturated carbocycles. The monoisotopic (exact) mass is 318 g/mol. The van der Waals surface area contributed by atoms with Gasteiger partial charge in [-0.3, -0.25) is 14.5 Å². The molecule has 0 aliphatic carbocycles. The molecule has 0 bridgehead atoms. The third kappa shape index (κ3) is 3.63. The highest BCUT2D eigenvalue weighted by atomic mass is 16.2. The molecule has 2 fully saturated rings. The van der Waals surface area contributed by atoms with E-state index in [0.29, 0.717) is 18.3 Å². The average molecular weight is 318 g/mol. The number of rotatable bonds is 5. The SMILES string of the molecule is CCCCn1nc(C(=O)N2CCC(N3CCCC3)C2)ccc1=O. The van der Waals surface area contributed by atoms with Gasteiger partial charge in [-0.1, -0.05) is 13.3 Å². The second-order valence-corrected chi connectivity index (χ2v) is 6.57. The van der Waals surface area contributed by atoms with Crippen molar-refractivity contribution in [3.8, 4) is 0 Å². The fraction of sp³-hybridized carbons (Fsp3) is 0.706. The Bertz CT molecular complexity index is 607. The van der Waals surface area contributed by atoms with E-state index >= 15 is 0 Å². The molecule has 1 amide bonds. The lowest BCUT2D eigenvalue weighted by Gasteiger charge is -2.23. The summed E-state index contributed by atoms with van der Waals surface area (Å²) in [5.41, 5.74) is 0.258. The van der Waals surface area contributed by atoms with E-state index in [4.69, 9.17) is 0 Å². The van der Waals surface area contributed by atoms with Gasteiger partial charge in [0.15, 0.2) is 0 Å². The number of nitrogens with zero attached hydrogens (tertiary/aromatic N) is 4. The minimum atomic E-state index is -0.133. The van der Waals surface area contributed by atoms with Crippen molar-refractivity contribution in [3.63, 3.8) is 0 Å². The molecule has 1 aromatic rings. The van der Waals surface area contributed by atoms with Gasteiger partial charge in [-0.05, 0) is 44.8 Å². The summed E-state index contributed by atoms with van der Waals surface area (Å²) in [5.74, 6) is -0.0445. The van der Waals surface area contributed by atoms with Gasteiger partial charge in [0.05, 0.1) is 0 Å². The van der Waals surface area contributed by atoms with Crippen molar-refractivity contribution < 1.29 is 4.79 Å². The average Bonchev–Trinajstić information content (AvgIpc) is 3.24. The van der Waals surface area contributed by atoms with E-state index in [0.717, 1.165) is 45.4 Å². The van der Waals surface area contributed by atoms with Crippen LogP contribution in [0.3, 0.4) is 0 Å². The molecular formula is C17H26N4O2. The Morgan fingerprint density at radius 3 is 2.78 bits per heavy atom. The number of amides is 1. The summed E-state index contributed by atoms with van der Waals surface area (Å²) in [7, 11) is 0. The van der Waals surface area contributed by atoms with Gasteiger partial charge in [0.25, 0.3) is 11.5 Å². The highest BCUT2D eigenvalue weighted by Gasteiger charge is 2.32. The number of aromatic nitrogens is 2. The Morgan fingerprint density at radius 2 is 2.04 bits per heavy atom. The normalized spacial score (nSPS) is 22.0. The summed E-state index contributed by atoms with van der Waals surface area (Å²) >= 11 is 0. The smallest absolute Gasteiger partial charge is 0.274 e. The van der Waals surface area contributed by atoms with Crippen molar-refractivity contribution >= 4 is 5.91 Å². The van der Waals surface area contributed by atoms with Gasteiger partial charge in [-0.25, -0.2) is 4.68 Å². The predicted molar refractivity (Wildman–Crippen MR) is 88.5 cm³/mol. The number of carbonyl (C=O) groups is 1. The second-order valence-electron chi connectivity index (χ2n) is 6.57. The van der Waals surface area contributed by atoms with Crippen molar-refractivity contribution in [2.75, 3.05) is 26.2 Å². The van der Waals surface area contributed by atoms with Gasteiger partial charge in [0, 0.05) is 31.7 Å². The van der Waals surface area contributed by atoms with E-state index in [1.165, 1.54) is 23.6 Å². The molecule has 23 heavy (non-hydrogen) atoms. The van der Waals surface area contributed by atoms with Gasteiger partial charge in [-0.15, -0.1) is 0 Å². The van der Waals surface area contributed by atoms with Crippen molar-refractivity contribution in [2.24, 2.45) is 0 Å². The van der Waals surface area contributed by atoms with E-state index < -0.39 is 0 Å². The Kier molecular flexibility index (Phi) is 5.10. The van der Waals surface area contributed by atoms with Gasteiger partial charge < -0.3 is 4.90 Å². The minimum Gasteiger partial charge on any atom is -0.336 e. The van der Waals surface area contributed by atoms with Crippen LogP contribution in [0.5, 0.6) is 0 Å². The Hall–Kier alpha value is -1.69. The molecular weight excluding hydrogens is 292 g/mol. The summed E-state index contributed by atoms with van der Waals surface area (Å²) in [4.78, 5) is 28.9. The van der Waals surface area contributed by atoms with Crippen LogP contribution in [0, 0.1) is 0 Å². The molecule has 0 radical (unpaired) electrons. The first-order valence-corrected chi connectivity index (χ1v) is 8.80. The molecule has 3 heterocycles. The number of likely N-dealkylation sites (tertiary alicyclic amines) is 2. The van der Waals surface area contributed by atoms with Crippen molar-refractivity contribution in [1.29, 1.82) is 0 Å². The highest BCUT2D eigenvalue weighted by molar-refractivity contribution is 5.92. The van der Waals surface area contributed by atoms with Crippen LogP contribution in [0.1, 0.15) is 49.5 Å². The highest BCUT2D eigenvalue weighted by Crippen LogP contribution is 2.21. The van der Waals surface area contributed by atoms with Gasteiger partial charge in [0.2, 0.25) is 0 Å². The number of hydrogen-bond acceptors (Lipinski definition) is 4. The number of aryl methyl sites for hydroxylation is 1. The fourth-order valence-electron chi connectivity index (χ4n) is 3.52. The van der Waals surface area contributed by atoms with Crippen LogP contribution in [0.2, 0.25) is 0 Å². The number of carbonyl (C=O) groups excluding carboxylic acids is 1. The Labute approximate surface area is 137 Å². The quantitative estimate of drug-likeness (QED) is 0.822. The molecule has 1 unspecified atom stereocenters. The molecule has 1 aromatic heterocycles. The van der Waals surface area contributed by atoms with E-state index in [1.54, 1.807) is 6.07 Å².